The Morgan fingerprint density at radius 2 is 1.97 bits per heavy atom. The number of nitrogens with zero attached hydrogens (tertiary/aromatic N) is 5. The zero-order valence-electron chi connectivity index (χ0n) is 18.2. The van der Waals surface area contributed by atoms with Crippen molar-refractivity contribution < 1.29 is 18.4 Å². The molecular formula is C23H29N5O4. The standard InChI is InChI=1S/C23H29N5O4/c24-15-19-23(32-21(25-19)20-4-2-14-31-20)28-7-5-17(6-8-28)22(29)27-11-9-26(10-12-27)16-18-3-1-13-30-18/h2,4,14,17-18H,1,3,5-13,16H2. The largest absolute Gasteiger partial charge is 0.459 e. The fourth-order valence-corrected chi connectivity index (χ4v) is 4.92. The minimum absolute atomic E-state index is 0.0222. The molecule has 5 heterocycles. The molecule has 0 spiro atoms. The summed E-state index contributed by atoms with van der Waals surface area (Å²) in [5.41, 5.74) is 0.253. The van der Waals surface area contributed by atoms with Crippen LogP contribution in [-0.4, -0.2) is 79.2 Å². The summed E-state index contributed by atoms with van der Waals surface area (Å²) in [6, 6.07) is 5.62. The fourth-order valence-electron chi connectivity index (χ4n) is 4.92. The Kier molecular flexibility index (Phi) is 6.14. The summed E-state index contributed by atoms with van der Waals surface area (Å²) in [4.78, 5) is 23.8. The Morgan fingerprint density at radius 3 is 2.62 bits per heavy atom. The van der Waals surface area contributed by atoms with E-state index < -0.39 is 0 Å². The lowest BCUT2D eigenvalue weighted by Gasteiger charge is -2.39. The van der Waals surface area contributed by atoms with E-state index in [4.69, 9.17) is 13.6 Å². The van der Waals surface area contributed by atoms with Gasteiger partial charge in [0.2, 0.25) is 17.5 Å². The SMILES string of the molecule is N#Cc1nc(-c2ccco2)oc1N1CCC(C(=O)N2CCN(CC3CCCO3)CC2)CC1. The van der Waals surface area contributed by atoms with Crippen LogP contribution >= 0.6 is 0 Å². The number of ether oxygens (including phenoxy) is 1. The highest BCUT2D eigenvalue weighted by molar-refractivity contribution is 5.79. The molecule has 1 unspecified atom stereocenters. The van der Waals surface area contributed by atoms with Crippen LogP contribution in [0.3, 0.4) is 0 Å². The molecule has 0 bridgehead atoms. The summed E-state index contributed by atoms with van der Waals surface area (Å²) < 4.78 is 16.9. The van der Waals surface area contributed by atoms with E-state index in [0.717, 1.165) is 65.0 Å². The van der Waals surface area contributed by atoms with E-state index in [1.165, 1.54) is 0 Å². The van der Waals surface area contributed by atoms with Crippen molar-refractivity contribution in [1.82, 2.24) is 14.8 Å². The van der Waals surface area contributed by atoms with Gasteiger partial charge in [-0.05, 0) is 37.8 Å². The first kappa shape index (κ1) is 21.0. The predicted molar refractivity (Wildman–Crippen MR) is 116 cm³/mol. The summed E-state index contributed by atoms with van der Waals surface area (Å²) in [6.45, 7) is 6.62. The Labute approximate surface area is 187 Å². The zero-order valence-corrected chi connectivity index (χ0v) is 18.2. The van der Waals surface area contributed by atoms with Crippen molar-refractivity contribution in [2.75, 3.05) is 57.3 Å². The first-order valence-corrected chi connectivity index (χ1v) is 11.5. The molecule has 3 fully saturated rings. The second kappa shape index (κ2) is 9.35. The fraction of sp³-hybridized carbons (Fsp3) is 0.609. The summed E-state index contributed by atoms with van der Waals surface area (Å²) in [5, 5.41) is 9.48. The van der Waals surface area contributed by atoms with E-state index in [-0.39, 0.29) is 17.5 Å². The number of rotatable bonds is 5. The molecule has 2 aromatic heterocycles. The third kappa shape index (κ3) is 4.38. The number of hydrogen-bond acceptors (Lipinski definition) is 8. The molecule has 1 amide bonds. The number of amides is 1. The van der Waals surface area contributed by atoms with Crippen molar-refractivity contribution >= 4 is 11.8 Å². The van der Waals surface area contributed by atoms with Gasteiger partial charge in [-0.15, -0.1) is 0 Å². The molecule has 0 saturated carbocycles. The van der Waals surface area contributed by atoms with Gasteiger partial charge in [-0.25, -0.2) is 0 Å². The normalized spacial score (nSPS) is 22.9. The number of hydrogen-bond donors (Lipinski definition) is 0. The van der Waals surface area contributed by atoms with Gasteiger partial charge in [0.25, 0.3) is 5.89 Å². The molecule has 170 valence electrons. The van der Waals surface area contributed by atoms with E-state index in [1.807, 2.05) is 9.80 Å². The third-order valence-corrected chi connectivity index (χ3v) is 6.75. The lowest BCUT2D eigenvalue weighted by atomic mass is 9.95. The van der Waals surface area contributed by atoms with Gasteiger partial charge < -0.3 is 23.4 Å². The number of furan rings is 1. The van der Waals surface area contributed by atoms with Gasteiger partial charge in [0.15, 0.2) is 5.76 Å². The molecule has 0 aromatic carbocycles. The highest BCUT2D eigenvalue weighted by atomic mass is 16.5. The third-order valence-electron chi connectivity index (χ3n) is 6.75. The van der Waals surface area contributed by atoms with E-state index in [2.05, 4.69) is 16.0 Å². The Hall–Kier alpha value is -2.83. The molecule has 0 N–H and O–H groups in total. The first-order valence-electron chi connectivity index (χ1n) is 11.5. The van der Waals surface area contributed by atoms with E-state index in [1.54, 1.807) is 18.4 Å². The van der Waals surface area contributed by atoms with Crippen LogP contribution in [0.4, 0.5) is 5.88 Å². The number of carbonyl (C=O) groups excluding carboxylic acids is 1. The molecule has 32 heavy (non-hydrogen) atoms. The smallest absolute Gasteiger partial charge is 0.266 e. The van der Waals surface area contributed by atoms with E-state index >= 15 is 0 Å². The number of aromatic nitrogens is 1. The van der Waals surface area contributed by atoms with Crippen LogP contribution in [0.15, 0.2) is 27.2 Å². The topological polar surface area (TPSA) is 99.0 Å². The number of piperazine rings is 1. The van der Waals surface area contributed by atoms with Crippen LogP contribution in [0.25, 0.3) is 11.7 Å². The van der Waals surface area contributed by atoms with Crippen LogP contribution in [0.1, 0.15) is 31.4 Å². The van der Waals surface area contributed by atoms with Gasteiger partial charge in [-0.3, -0.25) is 9.69 Å². The molecule has 1 atom stereocenters. The van der Waals surface area contributed by atoms with Crippen LogP contribution < -0.4 is 4.90 Å². The van der Waals surface area contributed by atoms with E-state index in [0.29, 0.717) is 36.7 Å². The van der Waals surface area contributed by atoms with Crippen molar-refractivity contribution in [3.05, 3.63) is 24.1 Å². The molecule has 0 aliphatic carbocycles. The number of carbonyl (C=O) groups is 1. The molecular weight excluding hydrogens is 410 g/mol. The highest BCUT2D eigenvalue weighted by Gasteiger charge is 2.33. The van der Waals surface area contributed by atoms with Crippen LogP contribution in [-0.2, 0) is 9.53 Å². The minimum Gasteiger partial charge on any atom is -0.459 e. The van der Waals surface area contributed by atoms with Crippen LogP contribution in [0.5, 0.6) is 0 Å². The Morgan fingerprint density at radius 1 is 1.16 bits per heavy atom. The summed E-state index contributed by atoms with van der Waals surface area (Å²) >= 11 is 0. The quantitative estimate of drug-likeness (QED) is 0.700. The van der Waals surface area contributed by atoms with Crippen LogP contribution in [0, 0.1) is 17.2 Å². The predicted octanol–water partition coefficient (Wildman–Crippen LogP) is 2.35. The van der Waals surface area contributed by atoms with Crippen LogP contribution in [0.2, 0.25) is 0 Å². The second-order valence-corrected chi connectivity index (χ2v) is 8.78. The van der Waals surface area contributed by atoms with Gasteiger partial charge >= 0.3 is 0 Å². The van der Waals surface area contributed by atoms with Gasteiger partial charge in [0.05, 0.1) is 12.4 Å². The van der Waals surface area contributed by atoms with E-state index in [9.17, 15) is 10.1 Å². The van der Waals surface area contributed by atoms with Crippen molar-refractivity contribution in [3.63, 3.8) is 0 Å². The molecule has 3 saturated heterocycles. The zero-order chi connectivity index (χ0) is 21.9. The van der Waals surface area contributed by atoms with Gasteiger partial charge in [-0.1, -0.05) is 0 Å². The monoisotopic (exact) mass is 439 g/mol. The first-order chi connectivity index (χ1) is 15.7. The average Bonchev–Trinajstić information content (AvgIpc) is 3.61. The molecule has 3 aliphatic rings. The summed E-state index contributed by atoms with van der Waals surface area (Å²) in [5.74, 6) is 1.55. The maximum atomic E-state index is 13.1. The maximum Gasteiger partial charge on any atom is 0.266 e. The Balaban J connectivity index is 1.13. The van der Waals surface area contributed by atoms with Gasteiger partial charge in [0, 0.05) is 58.3 Å². The summed E-state index contributed by atoms with van der Waals surface area (Å²) in [7, 11) is 0. The molecule has 5 rings (SSSR count). The maximum absolute atomic E-state index is 13.1. The molecule has 2 aromatic rings. The van der Waals surface area contributed by atoms with Gasteiger partial charge in [-0.2, -0.15) is 10.2 Å². The summed E-state index contributed by atoms with van der Waals surface area (Å²) in [6.07, 6.45) is 5.72. The molecule has 9 heteroatoms. The number of nitriles is 1. The molecule has 0 radical (unpaired) electrons. The Bertz CT molecular complexity index is 944. The lowest BCUT2D eigenvalue weighted by Crippen LogP contribution is -2.52. The molecule has 9 nitrogen and oxygen atoms in total. The molecule has 3 aliphatic heterocycles. The second-order valence-electron chi connectivity index (χ2n) is 8.78. The van der Waals surface area contributed by atoms with Crippen molar-refractivity contribution in [2.24, 2.45) is 5.92 Å². The van der Waals surface area contributed by atoms with Crippen molar-refractivity contribution in [3.8, 4) is 17.7 Å². The minimum atomic E-state index is 0.0222. The lowest BCUT2D eigenvalue weighted by molar-refractivity contribution is -0.138. The number of oxazole rings is 1. The van der Waals surface area contributed by atoms with Crippen molar-refractivity contribution in [1.29, 1.82) is 5.26 Å². The number of anilines is 1. The highest BCUT2D eigenvalue weighted by Crippen LogP contribution is 2.31. The number of piperidine rings is 1. The van der Waals surface area contributed by atoms with Gasteiger partial charge in [0.1, 0.15) is 6.07 Å². The van der Waals surface area contributed by atoms with Crippen molar-refractivity contribution in [2.45, 2.75) is 31.8 Å². The average molecular weight is 440 g/mol.